The van der Waals surface area contributed by atoms with Crippen LogP contribution in [0.5, 0.6) is 0 Å². The highest BCUT2D eigenvalue weighted by atomic mass is 16.8. The van der Waals surface area contributed by atoms with E-state index in [0.29, 0.717) is 12.2 Å². The molecule has 5 saturated carbocycles. The van der Waals surface area contributed by atoms with Crippen molar-refractivity contribution in [2.45, 2.75) is 113 Å². The maximum Gasteiger partial charge on any atom is 0.252 e. The molecule has 10 nitrogen and oxygen atoms in total. The van der Waals surface area contributed by atoms with Gasteiger partial charge in [0.05, 0.1) is 6.33 Å². The molecule has 204 valence electrons. The summed E-state index contributed by atoms with van der Waals surface area (Å²) in [5.74, 6) is 2.53. The Kier molecular flexibility index (Phi) is 5.33. The van der Waals surface area contributed by atoms with Gasteiger partial charge in [-0.1, -0.05) is 6.42 Å². The zero-order chi connectivity index (χ0) is 25.5. The van der Waals surface area contributed by atoms with Gasteiger partial charge in [0.15, 0.2) is 35.1 Å². The molecule has 2 saturated heterocycles. The molecule has 0 aromatic carbocycles. The van der Waals surface area contributed by atoms with Gasteiger partial charge in [0.1, 0.15) is 18.5 Å². The van der Waals surface area contributed by atoms with Crippen LogP contribution < -0.4 is 10.6 Å². The van der Waals surface area contributed by atoms with Gasteiger partial charge in [-0.05, 0) is 76.0 Å². The molecular weight excluding hydrogens is 484 g/mol. The second-order valence-electron chi connectivity index (χ2n) is 12.8. The van der Waals surface area contributed by atoms with Gasteiger partial charge < -0.3 is 24.8 Å². The Morgan fingerprint density at radius 2 is 1.71 bits per heavy atom. The van der Waals surface area contributed by atoms with Gasteiger partial charge in [-0.3, -0.25) is 9.36 Å². The van der Waals surface area contributed by atoms with E-state index >= 15 is 0 Å². The summed E-state index contributed by atoms with van der Waals surface area (Å²) in [6.45, 7) is 2.45. The Morgan fingerprint density at radius 1 is 1.00 bits per heavy atom. The third-order valence-electron chi connectivity index (χ3n) is 10.2. The lowest BCUT2D eigenvalue weighted by Crippen LogP contribution is -2.54. The largest absolute Gasteiger partial charge is 0.363 e. The zero-order valence-corrected chi connectivity index (χ0v) is 22.1. The van der Waals surface area contributed by atoms with Crippen LogP contribution in [0.4, 0.5) is 5.82 Å². The molecule has 4 atom stereocenters. The predicted octanol–water partition coefficient (Wildman–Crippen LogP) is 3.68. The van der Waals surface area contributed by atoms with E-state index in [0.717, 1.165) is 54.8 Å². The van der Waals surface area contributed by atoms with Crippen LogP contribution >= 0.6 is 0 Å². The molecule has 5 aliphatic carbocycles. The maximum atomic E-state index is 13.0. The van der Waals surface area contributed by atoms with Crippen molar-refractivity contribution in [3.8, 4) is 0 Å². The number of hydrogen-bond acceptors (Lipinski definition) is 8. The number of nitrogens with one attached hydrogen (secondary N) is 2. The number of rotatable bonds is 5. The zero-order valence-electron chi connectivity index (χ0n) is 22.1. The summed E-state index contributed by atoms with van der Waals surface area (Å²) in [5.41, 5.74) is 1.56. The predicted molar refractivity (Wildman–Crippen MR) is 138 cm³/mol. The van der Waals surface area contributed by atoms with Crippen LogP contribution in [0.2, 0.25) is 0 Å². The molecule has 2 aliphatic heterocycles. The molecule has 4 heterocycles. The summed E-state index contributed by atoms with van der Waals surface area (Å²) in [4.78, 5) is 27.1. The van der Waals surface area contributed by atoms with Gasteiger partial charge in [-0.25, -0.2) is 15.0 Å². The number of carbonyl (C=O) groups excluding carboxylic acids is 1. The van der Waals surface area contributed by atoms with Crippen LogP contribution in [0.25, 0.3) is 11.2 Å². The molecule has 1 spiro atoms. The number of anilines is 1. The van der Waals surface area contributed by atoms with Gasteiger partial charge in [0.2, 0.25) is 0 Å². The smallest absolute Gasteiger partial charge is 0.252 e. The summed E-state index contributed by atoms with van der Waals surface area (Å²) in [5, 5.41) is 6.80. The third kappa shape index (κ3) is 3.63. The number of aromatic nitrogens is 4. The van der Waals surface area contributed by atoms with Crippen molar-refractivity contribution >= 4 is 22.9 Å². The van der Waals surface area contributed by atoms with E-state index in [-0.39, 0.29) is 11.4 Å². The minimum absolute atomic E-state index is 0.119. The van der Waals surface area contributed by atoms with Crippen LogP contribution in [0.3, 0.4) is 0 Å². The van der Waals surface area contributed by atoms with Gasteiger partial charge in [0.25, 0.3) is 5.91 Å². The Morgan fingerprint density at radius 3 is 2.42 bits per heavy atom. The number of fused-ring (bicyclic) bond motifs is 2. The Labute approximate surface area is 222 Å². The highest BCUT2D eigenvalue weighted by Gasteiger charge is 2.61. The average molecular weight is 523 g/mol. The van der Waals surface area contributed by atoms with E-state index < -0.39 is 30.3 Å². The van der Waals surface area contributed by atoms with Crippen molar-refractivity contribution in [3.63, 3.8) is 0 Å². The normalized spacial score (nSPS) is 40.6. The van der Waals surface area contributed by atoms with Crippen molar-refractivity contribution in [1.82, 2.24) is 24.8 Å². The van der Waals surface area contributed by atoms with Crippen molar-refractivity contribution < 1.29 is 19.0 Å². The molecule has 9 rings (SSSR count). The highest BCUT2D eigenvalue weighted by molar-refractivity contribution is 5.84. The summed E-state index contributed by atoms with van der Waals surface area (Å²) >= 11 is 0. The molecule has 2 aromatic rings. The van der Waals surface area contributed by atoms with Crippen LogP contribution in [-0.2, 0) is 19.0 Å². The number of imidazole rings is 1. The fourth-order valence-electron chi connectivity index (χ4n) is 9.10. The van der Waals surface area contributed by atoms with Crippen LogP contribution in [0, 0.1) is 17.8 Å². The Balaban J connectivity index is 1.12. The number of likely N-dealkylation sites (N-methyl/N-ethyl adjacent to an activating group) is 1. The Hall–Kier alpha value is -2.30. The fraction of sp³-hybridized carbons (Fsp3) is 0.786. The second-order valence-corrected chi connectivity index (χ2v) is 12.8. The topological polar surface area (TPSA) is 112 Å². The Bertz CT molecular complexity index is 1210. The van der Waals surface area contributed by atoms with Crippen molar-refractivity contribution in [2.24, 2.45) is 17.8 Å². The number of amides is 1. The molecular formula is C28H38N6O4. The van der Waals surface area contributed by atoms with Gasteiger partial charge >= 0.3 is 0 Å². The molecule has 2 N–H and O–H groups in total. The molecule has 0 radical (unpaired) electrons. The first-order valence-electron chi connectivity index (χ1n) is 14.8. The van der Waals surface area contributed by atoms with E-state index in [1.807, 2.05) is 11.5 Å². The first kappa shape index (κ1) is 23.6. The lowest BCUT2D eigenvalue weighted by atomic mass is 9.53. The summed E-state index contributed by atoms with van der Waals surface area (Å²) < 4.78 is 21.5. The molecule has 7 fully saturated rings. The van der Waals surface area contributed by atoms with Crippen molar-refractivity contribution in [3.05, 3.63) is 12.7 Å². The standard InChI is InChI=1S/C28H38N6O4/c1-2-29-25(35)21-20-22(38-28(37-20)6-4-3-5-7-28)26(36-21)34-15-32-19-23(30-14-31-24(19)34)33-27-11-16-8-17(12-27)10-18(9-16)13-27/h14-18,20-22,26H,2-13H2,1H3,(H,29,35)(H,30,31,33)/t16?,17?,18?,20?,21-,22-,26+,27?/m0/s1. The maximum absolute atomic E-state index is 13.0. The van der Waals surface area contributed by atoms with Gasteiger partial charge in [-0.2, -0.15) is 0 Å². The molecule has 4 bridgehead atoms. The average Bonchev–Trinajstić information content (AvgIpc) is 3.56. The van der Waals surface area contributed by atoms with Crippen LogP contribution in [0.1, 0.15) is 83.8 Å². The number of ether oxygens (including phenoxy) is 3. The van der Waals surface area contributed by atoms with Gasteiger partial charge in [-0.15, -0.1) is 0 Å². The monoisotopic (exact) mass is 522 g/mol. The first-order chi connectivity index (χ1) is 18.5. The second kappa shape index (κ2) is 8.60. The summed E-state index contributed by atoms with van der Waals surface area (Å²) in [7, 11) is 0. The fourth-order valence-corrected chi connectivity index (χ4v) is 9.10. The molecule has 1 unspecified atom stereocenters. The quantitative estimate of drug-likeness (QED) is 0.612. The number of carbonyl (C=O) groups is 1. The molecule has 10 heteroatoms. The lowest BCUT2D eigenvalue weighted by Gasteiger charge is -2.57. The van der Waals surface area contributed by atoms with E-state index in [1.165, 1.54) is 44.9 Å². The van der Waals surface area contributed by atoms with Crippen LogP contribution in [0.15, 0.2) is 12.7 Å². The first-order valence-corrected chi connectivity index (χ1v) is 14.8. The number of nitrogens with zero attached hydrogens (tertiary/aromatic N) is 4. The summed E-state index contributed by atoms with van der Waals surface area (Å²) in [6.07, 6.45) is 14.1. The molecule has 2 aromatic heterocycles. The number of hydrogen-bond donors (Lipinski definition) is 2. The van der Waals surface area contributed by atoms with E-state index in [4.69, 9.17) is 19.2 Å². The minimum Gasteiger partial charge on any atom is -0.363 e. The van der Waals surface area contributed by atoms with E-state index in [2.05, 4.69) is 20.6 Å². The van der Waals surface area contributed by atoms with E-state index in [9.17, 15) is 4.79 Å². The lowest BCUT2D eigenvalue weighted by molar-refractivity contribution is -0.229. The van der Waals surface area contributed by atoms with E-state index in [1.54, 1.807) is 12.7 Å². The third-order valence-corrected chi connectivity index (χ3v) is 10.2. The molecule has 7 aliphatic rings. The van der Waals surface area contributed by atoms with Gasteiger partial charge in [0, 0.05) is 24.9 Å². The summed E-state index contributed by atoms with van der Waals surface area (Å²) in [6, 6.07) is 0. The van der Waals surface area contributed by atoms with Crippen molar-refractivity contribution in [2.75, 3.05) is 11.9 Å². The minimum atomic E-state index is -0.741. The molecule has 38 heavy (non-hydrogen) atoms. The van der Waals surface area contributed by atoms with Crippen LogP contribution in [-0.4, -0.2) is 61.6 Å². The molecule has 1 amide bonds. The highest BCUT2D eigenvalue weighted by Crippen LogP contribution is 2.57. The SMILES string of the molecule is CCNC(=O)[C@H]1O[C@@H](n2cnc3c(NC45CC6CC(CC(C6)C4)C5)ncnc32)[C@H]2OC3(CCCCC3)OC12. The van der Waals surface area contributed by atoms with Crippen molar-refractivity contribution in [1.29, 1.82) is 0 Å².